The number of Topliss-reactive ketones (excluding diaryl/α,β-unsaturated/α-hetero) is 3. The Kier molecular flexibility index (Phi) is 22.2. The summed E-state index contributed by atoms with van der Waals surface area (Å²) >= 11 is 0. The number of ketones is 3. The summed E-state index contributed by atoms with van der Waals surface area (Å²) in [4.78, 5) is 66.0. The van der Waals surface area contributed by atoms with Crippen molar-refractivity contribution in [1.82, 2.24) is 20.4 Å². The molecule has 0 spiro atoms. The number of para-hydroxylation sites is 4. The van der Waals surface area contributed by atoms with E-state index >= 15 is 0 Å². The summed E-state index contributed by atoms with van der Waals surface area (Å²) < 4.78 is 30.5. The molecule has 3 N–H and O–H groups in total. The van der Waals surface area contributed by atoms with E-state index in [4.69, 9.17) is 28.8 Å². The second-order valence-corrected chi connectivity index (χ2v) is 12.6. The van der Waals surface area contributed by atoms with Crippen LogP contribution in [0.2, 0.25) is 0 Å². The molecule has 0 aliphatic carbocycles. The van der Waals surface area contributed by atoms with Crippen molar-refractivity contribution >= 4 is 35.3 Å². The molecule has 0 aliphatic heterocycles. The molecule has 0 amide bonds. The summed E-state index contributed by atoms with van der Waals surface area (Å²) in [6.45, 7) is 5.80. The molecular weight excluding hydrogens is 817 g/mol. The van der Waals surface area contributed by atoms with Crippen molar-refractivity contribution in [3.8, 4) is 23.0 Å². The highest BCUT2D eigenvalue weighted by atomic mass is 16.5. The summed E-state index contributed by atoms with van der Waals surface area (Å²) in [6, 6.07) is 39.8. The van der Waals surface area contributed by atoms with Gasteiger partial charge in [0.1, 0.15) is 49.4 Å². The van der Waals surface area contributed by atoms with E-state index in [1.165, 1.54) is 13.0 Å². The number of carbonyl (C=O) groups is 6. The highest BCUT2D eigenvalue weighted by Gasteiger charge is 2.19. The fourth-order valence-corrected chi connectivity index (χ4v) is 4.54. The predicted octanol–water partition coefficient (Wildman–Crippen LogP) is 6.66. The van der Waals surface area contributed by atoms with Crippen LogP contribution in [-0.4, -0.2) is 87.2 Å². The lowest BCUT2D eigenvalue weighted by Crippen LogP contribution is -2.23. The minimum absolute atomic E-state index is 0.00772. The first-order valence-electron chi connectivity index (χ1n) is 19.4. The molecule has 0 bridgehead atoms. The zero-order valence-corrected chi connectivity index (χ0v) is 34.9. The van der Waals surface area contributed by atoms with E-state index in [1.807, 2.05) is 97.1 Å². The third kappa shape index (κ3) is 20.6. The van der Waals surface area contributed by atoms with Crippen LogP contribution in [0, 0.1) is 0 Å². The summed E-state index contributed by atoms with van der Waals surface area (Å²) in [7, 11) is 0. The lowest BCUT2D eigenvalue weighted by molar-refractivity contribution is -0.154. The molecule has 0 saturated carbocycles. The van der Waals surface area contributed by atoms with E-state index in [-0.39, 0.29) is 43.6 Å². The van der Waals surface area contributed by atoms with Crippen molar-refractivity contribution < 1.29 is 62.3 Å². The number of benzene rings is 4. The second kappa shape index (κ2) is 28.4. The van der Waals surface area contributed by atoms with E-state index in [0.717, 1.165) is 22.9 Å². The van der Waals surface area contributed by atoms with E-state index in [1.54, 1.807) is 44.2 Å². The number of H-pyrrole nitrogens is 2. The molecule has 6 rings (SSSR count). The van der Waals surface area contributed by atoms with Gasteiger partial charge in [0, 0.05) is 0 Å². The molecule has 4 aromatic carbocycles. The van der Waals surface area contributed by atoms with Crippen LogP contribution in [0.4, 0.5) is 0 Å². The number of aromatic nitrogens is 4. The molecule has 0 unspecified atom stereocenters. The maximum absolute atomic E-state index is 11.4. The van der Waals surface area contributed by atoms with Crippen molar-refractivity contribution in [2.24, 2.45) is 0 Å². The Morgan fingerprint density at radius 2 is 0.937 bits per heavy atom. The van der Waals surface area contributed by atoms with E-state index in [2.05, 4.69) is 25.1 Å². The molecule has 0 fully saturated rings. The maximum Gasteiger partial charge on any atom is 0.375 e. The van der Waals surface area contributed by atoms with Gasteiger partial charge in [-0.1, -0.05) is 72.8 Å². The number of rotatable bonds is 19. The number of esters is 2. The van der Waals surface area contributed by atoms with Crippen molar-refractivity contribution in [2.45, 2.75) is 40.4 Å². The maximum atomic E-state index is 11.4. The number of carbonyl (C=O) groups excluding carboxylic acids is 5. The molecule has 0 aliphatic rings. The minimum atomic E-state index is -1.05. The Bertz CT molecular complexity index is 2280. The molecule has 6 aromatic rings. The van der Waals surface area contributed by atoms with Crippen LogP contribution in [0.1, 0.15) is 59.6 Å². The minimum Gasteiger partial charge on any atom is -0.487 e. The highest BCUT2D eigenvalue weighted by molar-refractivity contribution is 6.37. The number of nitrogens with zero attached hydrogens (tertiary/aromatic N) is 2. The molecular formula is C46H48N4O13. The van der Waals surface area contributed by atoms with Crippen LogP contribution in [0.3, 0.4) is 0 Å². The van der Waals surface area contributed by atoms with Gasteiger partial charge in [0.05, 0.1) is 31.0 Å². The van der Waals surface area contributed by atoms with Crippen molar-refractivity contribution in [2.75, 3.05) is 26.4 Å². The van der Waals surface area contributed by atoms with Gasteiger partial charge in [-0.15, -0.1) is 0 Å². The van der Waals surface area contributed by atoms with Gasteiger partial charge in [0.25, 0.3) is 0 Å². The summed E-state index contributed by atoms with van der Waals surface area (Å²) in [5.74, 6) is -0.965. The molecule has 330 valence electrons. The lowest BCUT2D eigenvalue weighted by atomic mass is 10.2. The van der Waals surface area contributed by atoms with Gasteiger partial charge in [-0.25, -0.2) is 14.4 Å². The number of ether oxygens (including phenoxy) is 6. The zero-order valence-electron chi connectivity index (χ0n) is 34.9. The Morgan fingerprint density at radius 1 is 0.540 bits per heavy atom. The highest BCUT2D eigenvalue weighted by Crippen LogP contribution is 2.13. The number of hydrogen-bond acceptors (Lipinski definition) is 14. The van der Waals surface area contributed by atoms with Crippen LogP contribution >= 0.6 is 0 Å². The van der Waals surface area contributed by atoms with Gasteiger partial charge in [0.15, 0.2) is 23.0 Å². The number of nitrogens with one attached hydrogen (secondary N) is 2. The average molecular weight is 865 g/mol. The third-order valence-electron chi connectivity index (χ3n) is 7.43. The van der Waals surface area contributed by atoms with Gasteiger partial charge < -0.3 is 33.5 Å². The van der Waals surface area contributed by atoms with E-state index < -0.39 is 35.9 Å². The SMILES string of the molecule is CC(=O)COc1ccccc1.CCOC(=O)C(=O)CC(=O)COc1ccccc1.CCOC(=O)c1cc(COc2ccccc2)[nH]n1.O=C(O)c1cc(COc2ccccc2)[nH]n1. The van der Waals surface area contributed by atoms with Gasteiger partial charge in [-0.05, 0) is 81.4 Å². The van der Waals surface area contributed by atoms with Gasteiger partial charge >= 0.3 is 17.9 Å². The summed E-state index contributed by atoms with van der Waals surface area (Å²) in [6.07, 6.45) is -0.494. The van der Waals surface area contributed by atoms with E-state index in [0.29, 0.717) is 24.7 Å². The van der Waals surface area contributed by atoms with Crippen LogP contribution < -0.4 is 18.9 Å². The van der Waals surface area contributed by atoms with Crippen molar-refractivity contribution in [3.05, 3.63) is 156 Å². The Hall–Kier alpha value is -8.08. The first-order chi connectivity index (χ1) is 30.5. The van der Waals surface area contributed by atoms with Gasteiger partial charge in [-0.2, -0.15) is 10.2 Å². The Balaban J connectivity index is 0.000000227. The number of hydrogen-bond donors (Lipinski definition) is 3. The Labute approximate surface area is 363 Å². The molecule has 2 heterocycles. The first kappa shape index (κ1) is 49.3. The molecule has 17 heteroatoms. The van der Waals surface area contributed by atoms with Gasteiger partial charge in [-0.3, -0.25) is 24.6 Å². The largest absolute Gasteiger partial charge is 0.487 e. The van der Waals surface area contributed by atoms with E-state index in [9.17, 15) is 28.8 Å². The fraction of sp³-hybridized carbons (Fsp3) is 0.217. The summed E-state index contributed by atoms with van der Waals surface area (Å²) in [5.41, 5.74) is 1.61. The van der Waals surface area contributed by atoms with Crippen LogP contribution in [-0.2, 0) is 41.9 Å². The normalized spacial score (nSPS) is 9.76. The molecule has 2 aromatic heterocycles. The van der Waals surface area contributed by atoms with Crippen LogP contribution in [0.15, 0.2) is 133 Å². The molecule has 0 radical (unpaired) electrons. The monoisotopic (exact) mass is 864 g/mol. The fourth-order valence-electron chi connectivity index (χ4n) is 4.54. The quantitative estimate of drug-likeness (QED) is 0.0438. The van der Waals surface area contributed by atoms with Crippen LogP contribution in [0.25, 0.3) is 0 Å². The van der Waals surface area contributed by atoms with Crippen LogP contribution in [0.5, 0.6) is 23.0 Å². The molecule has 17 nitrogen and oxygen atoms in total. The lowest BCUT2D eigenvalue weighted by Gasteiger charge is -2.04. The zero-order chi connectivity index (χ0) is 45.7. The molecule has 63 heavy (non-hydrogen) atoms. The average Bonchev–Trinajstić information content (AvgIpc) is 4.00. The second-order valence-electron chi connectivity index (χ2n) is 12.6. The number of carboxylic acids is 1. The standard InChI is InChI=1S/C13H14N2O3.C13H14O5.C11H10N2O3.C9H10O2/c1-2-17-13(16)12-8-10(14-15-12)9-18-11-6-4-3-5-7-11;1-2-17-13(16)12(15)8-10(14)9-18-11-6-4-3-5-7-11;14-11(15)10-6-8(12-13-10)7-16-9-4-2-1-3-5-9;1-8(10)7-11-9-5-3-2-4-6-9/h3-8H,2,9H2,1H3,(H,14,15);3-7H,2,8-9H2,1H3;1-6H,7H2,(H,12,13)(H,14,15);2-6H,7H2,1H3. The third-order valence-corrected chi connectivity index (χ3v) is 7.43. The first-order valence-corrected chi connectivity index (χ1v) is 19.4. The molecule has 0 atom stereocenters. The number of aromatic carboxylic acids is 1. The number of aromatic amines is 2. The predicted molar refractivity (Wildman–Crippen MR) is 227 cm³/mol. The topological polar surface area (TPSA) is 235 Å². The Morgan fingerprint density at radius 3 is 1.33 bits per heavy atom. The molecule has 0 saturated heterocycles. The van der Waals surface area contributed by atoms with Crippen molar-refractivity contribution in [3.63, 3.8) is 0 Å². The number of carboxylic acid groups (broad SMARTS) is 1. The van der Waals surface area contributed by atoms with Crippen molar-refractivity contribution in [1.29, 1.82) is 0 Å². The summed E-state index contributed by atoms with van der Waals surface area (Å²) in [5, 5.41) is 21.5. The van der Waals surface area contributed by atoms with Gasteiger partial charge in [0.2, 0.25) is 5.78 Å². The smallest absolute Gasteiger partial charge is 0.375 e.